The second-order valence-corrected chi connectivity index (χ2v) is 6.56. The fraction of sp³-hybridized carbons (Fsp3) is 0.824. The minimum absolute atomic E-state index is 0.164. The van der Waals surface area contributed by atoms with Crippen molar-refractivity contribution in [1.82, 2.24) is 10.2 Å². The molecule has 0 bridgehead atoms. The average molecular weight is 293 g/mol. The molecule has 3 N–H and O–H groups in total. The Morgan fingerprint density at radius 1 is 1.48 bits per heavy atom. The Morgan fingerprint density at radius 3 is 3.05 bits per heavy atom. The van der Waals surface area contributed by atoms with Crippen molar-refractivity contribution in [3.63, 3.8) is 0 Å². The molecule has 1 heterocycles. The van der Waals surface area contributed by atoms with Crippen molar-refractivity contribution in [2.75, 3.05) is 26.2 Å². The van der Waals surface area contributed by atoms with Gasteiger partial charge in [-0.2, -0.15) is 0 Å². The summed E-state index contributed by atoms with van der Waals surface area (Å²) < 4.78 is 0. The van der Waals surface area contributed by atoms with Crippen molar-refractivity contribution in [1.29, 1.82) is 0 Å². The molecule has 4 nitrogen and oxygen atoms in total. The third-order valence-electron chi connectivity index (χ3n) is 4.92. The minimum atomic E-state index is 0.164. The summed E-state index contributed by atoms with van der Waals surface area (Å²) in [5.74, 6) is 0.704. The fourth-order valence-electron chi connectivity index (χ4n) is 3.45. The zero-order valence-corrected chi connectivity index (χ0v) is 13.4. The first-order chi connectivity index (χ1) is 10.2. The van der Waals surface area contributed by atoms with Crippen molar-refractivity contribution in [3.05, 3.63) is 11.6 Å². The topological polar surface area (TPSA) is 58.4 Å². The van der Waals surface area contributed by atoms with Crippen LogP contribution in [0.1, 0.15) is 51.9 Å². The third-order valence-corrected chi connectivity index (χ3v) is 4.92. The van der Waals surface area contributed by atoms with E-state index in [9.17, 15) is 4.79 Å². The number of likely N-dealkylation sites (tertiary alicyclic amines) is 1. The van der Waals surface area contributed by atoms with Crippen molar-refractivity contribution in [2.45, 2.75) is 57.9 Å². The molecule has 4 heteroatoms. The largest absolute Gasteiger partial charge is 0.355 e. The van der Waals surface area contributed by atoms with Crippen molar-refractivity contribution >= 4 is 5.91 Å². The molecule has 1 aliphatic heterocycles. The molecule has 0 saturated carbocycles. The molecular formula is C17H31N3O. The highest BCUT2D eigenvalue weighted by atomic mass is 16.2. The van der Waals surface area contributed by atoms with E-state index >= 15 is 0 Å². The summed E-state index contributed by atoms with van der Waals surface area (Å²) in [6.45, 7) is 5.43. The predicted octanol–water partition coefficient (Wildman–Crippen LogP) is 2.05. The van der Waals surface area contributed by atoms with Gasteiger partial charge in [-0.1, -0.05) is 25.0 Å². The standard InChI is InChI=1S/C17H31N3O/c1-2-15-12-20(11-9-16(15)18)13-17(21)19-10-8-14-6-4-3-5-7-14/h6,15-16H,2-5,7-13,18H2,1H3,(H,19,21). The van der Waals surface area contributed by atoms with E-state index in [-0.39, 0.29) is 5.91 Å². The van der Waals surface area contributed by atoms with Crippen LogP contribution in [0.15, 0.2) is 11.6 Å². The maximum Gasteiger partial charge on any atom is 0.234 e. The number of carbonyl (C=O) groups excluding carboxylic acids is 1. The molecule has 21 heavy (non-hydrogen) atoms. The van der Waals surface area contributed by atoms with Crippen LogP contribution in [0.5, 0.6) is 0 Å². The quantitative estimate of drug-likeness (QED) is 0.737. The first kappa shape index (κ1) is 16.5. The van der Waals surface area contributed by atoms with E-state index in [1.807, 2.05) is 0 Å². The molecule has 1 saturated heterocycles. The summed E-state index contributed by atoms with van der Waals surface area (Å²) in [6, 6.07) is 0.313. The molecule has 0 aromatic carbocycles. The van der Waals surface area contributed by atoms with E-state index in [0.29, 0.717) is 18.5 Å². The number of nitrogens with one attached hydrogen (secondary N) is 1. The molecule has 0 spiro atoms. The zero-order chi connectivity index (χ0) is 15.1. The van der Waals surface area contributed by atoms with Gasteiger partial charge in [0.15, 0.2) is 0 Å². The molecule has 2 unspecified atom stereocenters. The Hall–Kier alpha value is -0.870. The van der Waals surface area contributed by atoms with Gasteiger partial charge in [-0.05, 0) is 44.4 Å². The third kappa shape index (κ3) is 5.44. The van der Waals surface area contributed by atoms with Crippen molar-refractivity contribution < 1.29 is 4.79 Å². The Kier molecular flexibility index (Phi) is 6.71. The average Bonchev–Trinajstić information content (AvgIpc) is 2.50. The van der Waals surface area contributed by atoms with E-state index in [1.165, 1.54) is 31.3 Å². The number of carbonyl (C=O) groups is 1. The maximum atomic E-state index is 12.0. The summed E-state index contributed by atoms with van der Waals surface area (Å²) in [5.41, 5.74) is 7.64. The minimum Gasteiger partial charge on any atom is -0.355 e. The molecule has 2 aliphatic rings. The molecular weight excluding hydrogens is 262 g/mol. The lowest BCUT2D eigenvalue weighted by Gasteiger charge is -2.36. The smallest absolute Gasteiger partial charge is 0.234 e. The number of hydrogen-bond acceptors (Lipinski definition) is 3. The second-order valence-electron chi connectivity index (χ2n) is 6.56. The number of allylic oxidation sites excluding steroid dienone is 1. The van der Waals surface area contributed by atoms with Gasteiger partial charge in [0.1, 0.15) is 0 Å². The number of nitrogens with two attached hydrogens (primary N) is 1. The fourth-order valence-corrected chi connectivity index (χ4v) is 3.45. The lowest BCUT2D eigenvalue weighted by atomic mass is 9.91. The molecule has 2 atom stereocenters. The van der Waals surface area contributed by atoms with Gasteiger partial charge in [-0.25, -0.2) is 0 Å². The Balaban J connectivity index is 1.64. The van der Waals surface area contributed by atoms with Gasteiger partial charge in [0, 0.05) is 25.7 Å². The van der Waals surface area contributed by atoms with Crippen LogP contribution in [-0.4, -0.2) is 43.0 Å². The van der Waals surface area contributed by atoms with Crippen LogP contribution in [-0.2, 0) is 4.79 Å². The molecule has 1 aliphatic carbocycles. The first-order valence-corrected chi connectivity index (χ1v) is 8.61. The number of hydrogen-bond donors (Lipinski definition) is 2. The van der Waals surface area contributed by atoms with Gasteiger partial charge < -0.3 is 11.1 Å². The Bertz CT molecular complexity index is 367. The van der Waals surface area contributed by atoms with Gasteiger partial charge in [0.2, 0.25) is 5.91 Å². The Labute approximate surface area is 129 Å². The first-order valence-electron chi connectivity index (χ1n) is 8.61. The lowest BCUT2D eigenvalue weighted by Crippen LogP contribution is -2.49. The van der Waals surface area contributed by atoms with Gasteiger partial charge in [0.05, 0.1) is 6.54 Å². The summed E-state index contributed by atoms with van der Waals surface area (Å²) in [6.07, 6.45) is 10.6. The maximum absolute atomic E-state index is 12.0. The molecule has 120 valence electrons. The summed E-state index contributed by atoms with van der Waals surface area (Å²) in [4.78, 5) is 14.3. The number of piperidine rings is 1. The Morgan fingerprint density at radius 2 is 2.33 bits per heavy atom. The van der Waals surface area contributed by atoms with E-state index in [1.54, 1.807) is 0 Å². The highest BCUT2D eigenvalue weighted by Gasteiger charge is 2.26. The van der Waals surface area contributed by atoms with Crippen LogP contribution < -0.4 is 11.1 Å². The van der Waals surface area contributed by atoms with Gasteiger partial charge in [0.25, 0.3) is 0 Å². The van der Waals surface area contributed by atoms with E-state index < -0.39 is 0 Å². The van der Waals surface area contributed by atoms with Gasteiger partial charge >= 0.3 is 0 Å². The van der Waals surface area contributed by atoms with Crippen molar-refractivity contribution in [3.8, 4) is 0 Å². The highest BCUT2D eigenvalue weighted by Crippen LogP contribution is 2.20. The van der Waals surface area contributed by atoms with Crippen molar-refractivity contribution in [2.24, 2.45) is 11.7 Å². The molecule has 0 aromatic rings. The molecule has 2 rings (SSSR count). The zero-order valence-electron chi connectivity index (χ0n) is 13.4. The monoisotopic (exact) mass is 293 g/mol. The van der Waals surface area contributed by atoms with Crippen LogP contribution >= 0.6 is 0 Å². The van der Waals surface area contributed by atoms with E-state index in [4.69, 9.17) is 5.73 Å². The van der Waals surface area contributed by atoms with Crippen LogP contribution in [0, 0.1) is 5.92 Å². The predicted molar refractivity (Wildman–Crippen MR) is 87.0 cm³/mol. The van der Waals surface area contributed by atoms with E-state index in [0.717, 1.165) is 38.9 Å². The van der Waals surface area contributed by atoms with Gasteiger partial charge in [-0.3, -0.25) is 9.69 Å². The van der Waals surface area contributed by atoms with Crippen LogP contribution in [0.3, 0.4) is 0 Å². The lowest BCUT2D eigenvalue weighted by molar-refractivity contribution is -0.122. The number of amides is 1. The second kappa shape index (κ2) is 8.54. The molecule has 1 amide bonds. The summed E-state index contributed by atoms with van der Waals surface area (Å²) in [5, 5.41) is 3.07. The normalized spacial score (nSPS) is 27.2. The SMILES string of the molecule is CCC1CN(CC(=O)NCCC2=CCCCC2)CCC1N. The molecule has 0 aromatic heterocycles. The highest BCUT2D eigenvalue weighted by molar-refractivity contribution is 5.78. The molecule has 0 radical (unpaired) electrons. The number of rotatable bonds is 6. The summed E-state index contributed by atoms with van der Waals surface area (Å²) >= 11 is 0. The number of nitrogens with zero attached hydrogens (tertiary/aromatic N) is 1. The summed E-state index contributed by atoms with van der Waals surface area (Å²) in [7, 11) is 0. The van der Waals surface area contributed by atoms with Crippen LogP contribution in [0.4, 0.5) is 0 Å². The van der Waals surface area contributed by atoms with Gasteiger partial charge in [-0.15, -0.1) is 0 Å². The van der Waals surface area contributed by atoms with Crippen LogP contribution in [0.25, 0.3) is 0 Å². The van der Waals surface area contributed by atoms with Crippen LogP contribution in [0.2, 0.25) is 0 Å². The molecule has 1 fully saturated rings. The van der Waals surface area contributed by atoms with E-state index in [2.05, 4.69) is 23.2 Å².